The van der Waals surface area contributed by atoms with Crippen molar-refractivity contribution in [3.8, 4) is 6.07 Å². The van der Waals surface area contributed by atoms with Crippen LogP contribution in [0.25, 0.3) is 10.9 Å². The van der Waals surface area contributed by atoms with E-state index in [-0.39, 0.29) is 5.02 Å². The summed E-state index contributed by atoms with van der Waals surface area (Å²) in [7, 11) is 1.88. The van der Waals surface area contributed by atoms with Gasteiger partial charge in [0.15, 0.2) is 0 Å². The number of halogens is 3. The summed E-state index contributed by atoms with van der Waals surface area (Å²) in [5.74, 6) is 0.226. The molecule has 2 heterocycles. The van der Waals surface area contributed by atoms with Crippen molar-refractivity contribution in [2.75, 3.05) is 17.3 Å². The van der Waals surface area contributed by atoms with E-state index in [4.69, 9.17) is 23.2 Å². The zero-order chi connectivity index (χ0) is 22.1. The molecule has 154 valence electrons. The molecule has 31 heavy (non-hydrogen) atoms. The number of rotatable bonds is 4. The van der Waals surface area contributed by atoms with Gasteiger partial charge in [-0.3, -0.25) is 4.98 Å². The second kappa shape index (κ2) is 8.38. The maximum absolute atomic E-state index is 13.6. The Bertz CT molecular complexity index is 1350. The zero-order valence-electron chi connectivity index (χ0n) is 16.6. The highest BCUT2D eigenvalue weighted by Crippen LogP contribution is 2.37. The van der Waals surface area contributed by atoms with Gasteiger partial charge in [0.1, 0.15) is 17.7 Å². The number of pyridine rings is 2. The van der Waals surface area contributed by atoms with Crippen molar-refractivity contribution in [1.82, 2.24) is 9.97 Å². The molecule has 2 aromatic carbocycles. The van der Waals surface area contributed by atoms with Crippen LogP contribution in [-0.2, 0) is 0 Å². The minimum Gasteiger partial charge on any atom is -0.354 e. The summed E-state index contributed by atoms with van der Waals surface area (Å²) in [6.45, 7) is 1.92. The summed E-state index contributed by atoms with van der Waals surface area (Å²) in [5, 5.41) is 13.9. The van der Waals surface area contributed by atoms with E-state index in [1.54, 1.807) is 12.1 Å². The SMILES string of the molecule is Cc1cccc(N(C)c2cc(Cl)c3ncc(C#N)c(Nc4ccc(F)c(Cl)c4)c3c2)n1. The lowest BCUT2D eigenvalue weighted by Crippen LogP contribution is -2.11. The predicted octanol–water partition coefficient (Wildman–Crippen LogP) is 6.77. The lowest BCUT2D eigenvalue weighted by Gasteiger charge is -2.21. The van der Waals surface area contributed by atoms with Crippen LogP contribution in [0.4, 0.5) is 27.3 Å². The highest BCUT2D eigenvalue weighted by molar-refractivity contribution is 6.36. The monoisotopic (exact) mass is 451 g/mol. The van der Waals surface area contributed by atoms with Crippen molar-refractivity contribution in [2.45, 2.75) is 6.92 Å². The molecule has 0 aliphatic carbocycles. The Morgan fingerprint density at radius 2 is 1.90 bits per heavy atom. The van der Waals surface area contributed by atoms with Gasteiger partial charge in [-0.1, -0.05) is 29.3 Å². The minimum atomic E-state index is -0.523. The molecule has 0 saturated heterocycles. The fraction of sp³-hybridized carbons (Fsp3) is 0.0870. The molecular weight excluding hydrogens is 436 g/mol. The standard InChI is InChI=1S/C23H16Cl2FN5/c1-13-4-3-5-21(29-13)31(2)16-9-17-22(30-15-6-7-20(26)18(24)8-15)14(11-27)12-28-23(17)19(25)10-16/h3-10,12H,1-2H3,(H,28,30). The maximum Gasteiger partial charge on any atom is 0.141 e. The molecule has 0 spiro atoms. The molecule has 0 atom stereocenters. The molecule has 4 aromatic rings. The van der Waals surface area contributed by atoms with Crippen molar-refractivity contribution >= 4 is 57.0 Å². The van der Waals surface area contributed by atoms with Gasteiger partial charge in [0, 0.05) is 35.7 Å². The molecule has 0 radical (unpaired) electrons. The largest absolute Gasteiger partial charge is 0.354 e. The number of hydrogen-bond acceptors (Lipinski definition) is 5. The van der Waals surface area contributed by atoms with E-state index in [2.05, 4.69) is 21.4 Å². The average Bonchev–Trinajstić information content (AvgIpc) is 2.76. The smallest absolute Gasteiger partial charge is 0.141 e. The highest BCUT2D eigenvalue weighted by Gasteiger charge is 2.16. The van der Waals surface area contributed by atoms with Crippen molar-refractivity contribution in [3.63, 3.8) is 0 Å². The third kappa shape index (κ3) is 4.11. The van der Waals surface area contributed by atoms with Gasteiger partial charge in [0.2, 0.25) is 0 Å². The number of benzene rings is 2. The topological polar surface area (TPSA) is 64.8 Å². The number of anilines is 4. The summed E-state index contributed by atoms with van der Waals surface area (Å²) in [5.41, 5.74) is 3.55. The number of nitrogens with one attached hydrogen (secondary N) is 1. The summed E-state index contributed by atoms with van der Waals surface area (Å²) in [4.78, 5) is 10.8. The molecule has 0 fully saturated rings. The van der Waals surface area contributed by atoms with Crippen LogP contribution in [0.3, 0.4) is 0 Å². The molecule has 0 bridgehead atoms. The Hall–Kier alpha value is -3.40. The van der Waals surface area contributed by atoms with Crippen LogP contribution in [0, 0.1) is 24.1 Å². The second-order valence-corrected chi connectivity index (χ2v) is 7.75. The van der Waals surface area contributed by atoms with E-state index in [1.807, 2.05) is 43.1 Å². The fourth-order valence-corrected chi connectivity index (χ4v) is 3.67. The number of aromatic nitrogens is 2. The van der Waals surface area contributed by atoms with Gasteiger partial charge in [-0.15, -0.1) is 0 Å². The number of nitrogens with zero attached hydrogens (tertiary/aromatic N) is 4. The first-order valence-corrected chi connectivity index (χ1v) is 10.0. The van der Waals surface area contributed by atoms with Gasteiger partial charge in [0.25, 0.3) is 0 Å². The molecule has 0 amide bonds. The molecule has 4 rings (SSSR count). The molecule has 0 aliphatic heterocycles. The number of nitriles is 1. The van der Waals surface area contributed by atoms with Crippen LogP contribution in [0.5, 0.6) is 0 Å². The van der Waals surface area contributed by atoms with Gasteiger partial charge in [-0.2, -0.15) is 5.26 Å². The van der Waals surface area contributed by atoms with Crippen molar-refractivity contribution in [1.29, 1.82) is 5.26 Å². The van der Waals surface area contributed by atoms with Crippen LogP contribution in [-0.4, -0.2) is 17.0 Å². The Labute approximate surface area is 188 Å². The zero-order valence-corrected chi connectivity index (χ0v) is 18.1. The molecule has 0 saturated carbocycles. The van der Waals surface area contributed by atoms with Crippen molar-refractivity contribution < 1.29 is 4.39 Å². The number of aryl methyl sites for hydroxylation is 1. The van der Waals surface area contributed by atoms with Gasteiger partial charge in [-0.25, -0.2) is 9.37 Å². The lowest BCUT2D eigenvalue weighted by molar-refractivity contribution is 0.628. The summed E-state index contributed by atoms with van der Waals surface area (Å²) >= 11 is 12.5. The molecule has 0 unspecified atom stereocenters. The number of hydrogen-bond donors (Lipinski definition) is 1. The Kier molecular flexibility index (Phi) is 5.64. The molecule has 2 aromatic heterocycles. The third-order valence-corrected chi connectivity index (χ3v) is 5.40. The fourth-order valence-electron chi connectivity index (χ4n) is 3.22. The highest BCUT2D eigenvalue weighted by atomic mass is 35.5. The first-order valence-electron chi connectivity index (χ1n) is 9.29. The Morgan fingerprint density at radius 1 is 1.10 bits per heavy atom. The van der Waals surface area contributed by atoms with Gasteiger partial charge >= 0.3 is 0 Å². The minimum absolute atomic E-state index is 0.0224. The summed E-state index contributed by atoms with van der Waals surface area (Å²) in [6.07, 6.45) is 1.45. The molecule has 5 nitrogen and oxygen atoms in total. The molecular formula is C23H16Cl2FN5. The van der Waals surface area contributed by atoms with Gasteiger partial charge in [-0.05, 0) is 49.4 Å². The van der Waals surface area contributed by atoms with Crippen LogP contribution < -0.4 is 10.2 Å². The summed E-state index contributed by atoms with van der Waals surface area (Å²) < 4.78 is 13.6. The van der Waals surface area contributed by atoms with Crippen LogP contribution in [0.15, 0.2) is 54.7 Å². The van der Waals surface area contributed by atoms with E-state index in [0.717, 1.165) is 17.2 Å². The Morgan fingerprint density at radius 3 is 2.61 bits per heavy atom. The molecule has 8 heteroatoms. The quantitative estimate of drug-likeness (QED) is 0.370. The van der Waals surface area contributed by atoms with E-state index in [1.165, 1.54) is 18.3 Å². The first kappa shape index (κ1) is 20.9. The normalized spacial score (nSPS) is 10.7. The average molecular weight is 452 g/mol. The number of fused-ring (bicyclic) bond motifs is 1. The van der Waals surface area contributed by atoms with Crippen molar-refractivity contribution in [3.05, 3.63) is 81.8 Å². The van der Waals surface area contributed by atoms with E-state index in [9.17, 15) is 9.65 Å². The first-order chi connectivity index (χ1) is 14.9. The molecule has 0 aliphatic rings. The maximum atomic E-state index is 13.6. The van der Waals surface area contributed by atoms with E-state index >= 15 is 0 Å². The summed E-state index contributed by atoms with van der Waals surface area (Å²) in [6, 6.07) is 15.8. The third-order valence-electron chi connectivity index (χ3n) is 4.82. The molecule has 1 N–H and O–H groups in total. The lowest BCUT2D eigenvalue weighted by atomic mass is 10.1. The van der Waals surface area contributed by atoms with E-state index < -0.39 is 5.82 Å². The van der Waals surface area contributed by atoms with Gasteiger partial charge in [0.05, 0.1) is 26.8 Å². The van der Waals surface area contributed by atoms with Crippen LogP contribution >= 0.6 is 23.2 Å². The Balaban J connectivity index is 1.88. The van der Waals surface area contributed by atoms with Crippen LogP contribution in [0.1, 0.15) is 11.3 Å². The second-order valence-electron chi connectivity index (χ2n) is 6.93. The van der Waals surface area contributed by atoms with Gasteiger partial charge < -0.3 is 10.2 Å². The van der Waals surface area contributed by atoms with Crippen molar-refractivity contribution in [2.24, 2.45) is 0 Å². The van der Waals surface area contributed by atoms with Crippen LogP contribution in [0.2, 0.25) is 10.0 Å². The van der Waals surface area contributed by atoms with E-state index in [0.29, 0.717) is 32.9 Å². The predicted molar refractivity (Wildman–Crippen MR) is 123 cm³/mol.